The van der Waals surface area contributed by atoms with Crippen LogP contribution in [0.3, 0.4) is 0 Å². The molecule has 138 valence electrons. The standard InChI is InChI=1S/C20H23NO3S2/c1-12-13(2)15(4)20(16(5)14(12)3)26(22,23)21-11-17-8-9-18(24-17)19-7-6-10-25-19/h6-10,21H,11H2,1-5H3. The zero-order valence-corrected chi connectivity index (χ0v) is 17.3. The van der Waals surface area contributed by atoms with E-state index in [-0.39, 0.29) is 6.54 Å². The van der Waals surface area contributed by atoms with Crippen LogP contribution in [-0.4, -0.2) is 8.42 Å². The number of furan rings is 1. The molecule has 0 spiro atoms. The van der Waals surface area contributed by atoms with Crippen molar-refractivity contribution in [3.63, 3.8) is 0 Å². The van der Waals surface area contributed by atoms with Gasteiger partial charge in [-0.25, -0.2) is 13.1 Å². The molecule has 0 aliphatic heterocycles. The second kappa shape index (κ2) is 7.02. The Morgan fingerprint density at radius 1 is 0.923 bits per heavy atom. The molecule has 4 nitrogen and oxygen atoms in total. The number of thiophene rings is 1. The minimum absolute atomic E-state index is 0.124. The Morgan fingerprint density at radius 2 is 1.54 bits per heavy atom. The van der Waals surface area contributed by atoms with Gasteiger partial charge in [0.05, 0.1) is 16.3 Å². The molecule has 0 aliphatic rings. The first-order valence-corrected chi connectivity index (χ1v) is 10.8. The Labute approximate surface area is 158 Å². The lowest BCUT2D eigenvalue weighted by atomic mass is 9.95. The van der Waals surface area contributed by atoms with Crippen molar-refractivity contribution in [1.29, 1.82) is 0 Å². The van der Waals surface area contributed by atoms with Gasteiger partial charge >= 0.3 is 0 Å². The molecule has 0 fully saturated rings. The van der Waals surface area contributed by atoms with E-state index in [2.05, 4.69) is 4.72 Å². The smallest absolute Gasteiger partial charge is 0.241 e. The maximum atomic E-state index is 12.9. The first-order valence-electron chi connectivity index (χ1n) is 8.41. The van der Waals surface area contributed by atoms with Crippen LogP contribution in [0.5, 0.6) is 0 Å². The highest BCUT2D eigenvalue weighted by atomic mass is 32.2. The van der Waals surface area contributed by atoms with E-state index in [1.54, 1.807) is 11.3 Å². The molecule has 0 aliphatic carbocycles. The van der Waals surface area contributed by atoms with Gasteiger partial charge in [0.1, 0.15) is 11.5 Å². The van der Waals surface area contributed by atoms with E-state index < -0.39 is 10.0 Å². The third kappa shape index (κ3) is 3.37. The van der Waals surface area contributed by atoms with Gasteiger partial charge in [-0.2, -0.15) is 0 Å². The predicted molar refractivity (Wildman–Crippen MR) is 106 cm³/mol. The second-order valence-electron chi connectivity index (χ2n) is 6.52. The quantitative estimate of drug-likeness (QED) is 0.666. The SMILES string of the molecule is Cc1c(C)c(C)c(S(=O)(=O)NCc2ccc(-c3cccs3)o2)c(C)c1C. The van der Waals surface area contributed by atoms with E-state index in [1.165, 1.54) is 0 Å². The molecule has 0 atom stereocenters. The fraction of sp³-hybridized carbons (Fsp3) is 0.300. The van der Waals surface area contributed by atoms with Crippen LogP contribution in [-0.2, 0) is 16.6 Å². The van der Waals surface area contributed by atoms with Crippen molar-refractivity contribution in [2.24, 2.45) is 0 Å². The highest BCUT2D eigenvalue weighted by Crippen LogP contribution is 2.30. The summed E-state index contributed by atoms with van der Waals surface area (Å²) in [5.74, 6) is 1.34. The van der Waals surface area contributed by atoms with Crippen molar-refractivity contribution in [3.8, 4) is 10.6 Å². The zero-order valence-electron chi connectivity index (χ0n) is 15.6. The number of hydrogen-bond acceptors (Lipinski definition) is 4. The molecule has 2 aromatic heterocycles. The molecule has 0 saturated heterocycles. The van der Waals surface area contributed by atoms with E-state index in [4.69, 9.17) is 4.42 Å². The molecule has 0 radical (unpaired) electrons. The summed E-state index contributed by atoms with van der Waals surface area (Å²) in [4.78, 5) is 1.40. The largest absolute Gasteiger partial charge is 0.459 e. The summed E-state index contributed by atoms with van der Waals surface area (Å²) in [5.41, 5.74) is 4.79. The van der Waals surface area contributed by atoms with Gasteiger partial charge in [-0.3, -0.25) is 0 Å². The Kier molecular flexibility index (Phi) is 5.10. The van der Waals surface area contributed by atoms with E-state index in [0.29, 0.717) is 10.7 Å². The van der Waals surface area contributed by atoms with Crippen LogP contribution in [0.15, 0.2) is 39.0 Å². The van der Waals surface area contributed by atoms with Crippen LogP contribution < -0.4 is 4.72 Å². The van der Waals surface area contributed by atoms with E-state index >= 15 is 0 Å². The van der Waals surface area contributed by atoms with Crippen LogP contribution in [0, 0.1) is 34.6 Å². The summed E-state index contributed by atoms with van der Waals surface area (Å²) in [6.45, 7) is 9.82. The maximum absolute atomic E-state index is 12.9. The summed E-state index contributed by atoms with van der Waals surface area (Å²) in [6, 6.07) is 7.61. The Balaban J connectivity index is 1.87. The molecule has 26 heavy (non-hydrogen) atoms. The average molecular weight is 390 g/mol. The summed E-state index contributed by atoms with van der Waals surface area (Å²) >= 11 is 1.59. The van der Waals surface area contributed by atoms with Crippen LogP contribution in [0.25, 0.3) is 10.6 Å². The summed E-state index contributed by atoms with van der Waals surface area (Å²) in [5, 5.41) is 1.98. The molecule has 2 heterocycles. The topological polar surface area (TPSA) is 59.3 Å². The van der Waals surface area contributed by atoms with Gasteiger partial charge in [0.2, 0.25) is 10.0 Å². The van der Waals surface area contributed by atoms with Crippen molar-refractivity contribution in [3.05, 3.63) is 63.2 Å². The summed E-state index contributed by atoms with van der Waals surface area (Å²) in [7, 11) is -3.63. The van der Waals surface area contributed by atoms with E-state index in [9.17, 15) is 8.42 Å². The molecule has 0 bridgehead atoms. The fourth-order valence-electron chi connectivity index (χ4n) is 3.13. The lowest BCUT2D eigenvalue weighted by Crippen LogP contribution is -2.25. The average Bonchev–Trinajstić information content (AvgIpc) is 3.27. The lowest BCUT2D eigenvalue weighted by Gasteiger charge is -2.18. The number of benzene rings is 1. The molecule has 3 aromatic rings. The molecule has 1 aromatic carbocycles. The highest BCUT2D eigenvalue weighted by Gasteiger charge is 2.23. The Bertz CT molecular complexity index is 1020. The second-order valence-corrected chi connectivity index (χ2v) is 9.17. The maximum Gasteiger partial charge on any atom is 0.241 e. The number of sulfonamides is 1. The number of hydrogen-bond donors (Lipinski definition) is 1. The molecule has 0 unspecified atom stereocenters. The van der Waals surface area contributed by atoms with Gasteiger partial charge in [0, 0.05) is 0 Å². The van der Waals surface area contributed by atoms with Gasteiger partial charge in [-0.05, 0) is 86.0 Å². The van der Waals surface area contributed by atoms with Gasteiger partial charge in [-0.15, -0.1) is 11.3 Å². The molecule has 1 N–H and O–H groups in total. The third-order valence-electron chi connectivity index (χ3n) is 5.06. The van der Waals surface area contributed by atoms with Crippen molar-refractivity contribution in [2.45, 2.75) is 46.1 Å². The van der Waals surface area contributed by atoms with Crippen molar-refractivity contribution in [2.75, 3.05) is 0 Å². The highest BCUT2D eigenvalue weighted by molar-refractivity contribution is 7.89. The van der Waals surface area contributed by atoms with E-state index in [0.717, 1.165) is 38.5 Å². The molecule has 3 rings (SSSR count). The zero-order chi connectivity index (χ0) is 19.1. The predicted octanol–water partition coefficient (Wildman–Crippen LogP) is 5.03. The van der Waals surface area contributed by atoms with Crippen LogP contribution >= 0.6 is 11.3 Å². The molecule has 0 amide bonds. The van der Waals surface area contributed by atoms with Crippen LogP contribution in [0.2, 0.25) is 0 Å². The Morgan fingerprint density at radius 3 is 2.12 bits per heavy atom. The minimum Gasteiger partial charge on any atom is -0.459 e. The number of rotatable bonds is 5. The van der Waals surface area contributed by atoms with Gasteiger partial charge in [0.25, 0.3) is 0 Å². The first kappa shape index (κ1) is 18.9. The first-order chi connectivity index (χ1) is 12.2. The van der Waals surface area contributed by atoms with Crippen LogP contribution in [0.4, 0.5) is 0 Å². The molecule has 6 heteroatoms. The third-order valence-corrected chi connectivity index (χ3v) is 7.62. The van der Waals surface area contributed by atoms with Gasteiger partial charge in [-0.1, -0.05) is 6.07 Å². The fourth-order valence-corrected chi connectivity index (χ4v) is 5.41. The molecular weight excluding hydrogens is 366 g/mol. The monoisotopic (exact) mass is 389 g/mol. The Hall–Kier alpha value is -1.89. The minimum atomic E-state index is -3.63. The summed E-state index contributed by atoms with van der Waals surface area (Å²) in [6.07, 6.45) is 0. The van der Waals surface area contributed by atoms with Crippen molar-refractivity contribution < 1.29 is 12.8 Å². The van der Waals surface area contributed by atoms with Crippen molar-refractivity contribution in [1.82, 2.24) is 4.72 Å². The van der Waals surface area contributed by atoms with Crippen LogP contribution in [0.1, 0.15) is 33.6 Å². The van der Waals surface area contributed by atoms with Gasteiger partial charge in [0.15, 0.2) is 0 Å². The van der Waals surface area contributed by atoms with Gasteiger partial charge < -0.3 is 4.42 Å². The van der Waals surface area contributed by atoms with E-state index in [1.807, 2.05) is 64.3 Å². The lowest BCUT2D eigenvalue weighted by molar-refractivity contribution is 0.510. The normalized spacial score (nSPS) is 11.9. The molecular formula is C20H23NO3S2. The van der Waals surface area contributed by atoms with Crippen molar-refractivity contribution >= 4 is 21.4 Å². The summed E-state index contributed by atoms with van der Waals surface area (Å²) < 4.78 is 34.4. The molecule has 0 saturated carbocycles. The number of nitrogens with one attached hydrogen (secondary N) is 1.